The molecule has 6 rings (SSSR count). The molecule has 0 aromatic carbocycles. The standard InChI is InChI=1S/C22H28N2P2/c25-14-18-17-10-15-9-16(11-17)13-21(18,12-15)22(26,19-5-1-3-7-23-19)20-6-2-4-8-24-20/h1-8,15-18H,9-14,25-26H2. The van der Waals surface area contributed by atoms with Crippen LogP contribution in [-0.4, -0.2) is 16.1 Å². The first-order valence-corrected chi connectivity index (χ1v) is 11.4. The van der Waals surface area contributed by atoms with Crippen LogP contribution >= 0.6 is 18.5 Å². The van der Waals surface area contributed by atoms with E-state index >= 15 is 0 Å². The Morgan fingerprint density at radius 3 is 1.96 bits per heavy atom. The van der Waals surface area contributed by atoms with Crippen molar-refractivity contribution >= 4 is 18.5 Å². The van der Waals surface area contributed by atoms with E-state index in [0.717, 1.165) is 23.7 Å². The fourth-order valence-corrected chi connectivity index (χ4v) is 8.64. The molecule has 2 aromatic rings. The molecule has 4 saturated carbocycles. The monoisotopic (exact) mass is 382 g/mol. The van der Waals surface area contributed by atoms with Gasteiger partial charge in [-0.2, -0.15) is 0 Å². The molecular weight excluding hydrogens is 354 g/mol. The summed E-state index contributed by atoms with van der Waals surface area (Å²) >= 11 is 0. The first kappa shape index (κ1) is 17.3. The van der Waals surface area contributed by atoms with Gasteiger partial charge in [0.15, 0.2) is 0 Å². The Labute approximate surface area is 161 Å². The summed E-state index contributed by atoms with van der Waals surface area (Å²) in [5.74, 6) is 3.41. The van der Waals surface area contributed by atoms with Gasteiger partial charge in [-0.25, -0.2) is 0 Å². The molecule has 0 N–H and O–H groups in total. The van der Waals surface area contributed by atoms with E-state index in [1.165, 1.54) is 49.7 Å². The lowest BCUT2D eigenvalue weighted by Gasteiger charge is -2.66. The zero-order valence-electron chi connectivity index (χ0n) is 15.2. The van der Waals surface area contributed by atoms with E-state index in [9.17, 15) is 0 Å². The second-order valence-electron chi connectivity index (χ2n) is 8.84. The Hall–Kier alpha value is -0.840. The van der Waals surface area contributed by atoms with Gasteiger partial charge in [0.1, 0.15) is 0 Å². The molecule has 0 radical (unpaired) electrons. The molecule has 0 aliphatic heterocycles. The van der Waals surface area contributed by atoms with Crippen molar-refractivity contribution in [3.63, 3.8) is 0 Å². The van der Waals surface area contributed by atoms with Crippen LogP contribution in [0.25, 0.3) is 0 Å². The lowest BCUT2D eigenvalue weighted by atomic mass is 9.41. The van der Waals surface area contributed by atoms with Gasteiger partial charge in [-0.1, -0.05) is 12.1 Å². The summed E-state index contributed by atoms with van der Waals surface area (Å²) in [6.45, 7) is 0. The molecule has 2 heterocycles. The summed E-state index contributed by atoms with van der Waals surface area (Å²) in [5, 5.41) is -0.202. The molecule has 4 heteroatoms. The first-order chi connectivity index (χ1) is 12.7. The van der Waals surface area contributed by atoms with Gasteiger partial charge in [-0.3, -0.25) is 9.97 Å². The van der Waals surface area contributed by atoms with Crippen molar-refractivity contribution < 1.29 is 0 Å². The van der Waals surface area contributed by atoms with Crippen LogP contribution in [0.2, 0.25) is 0 Å². The third kappa shape index (κ3) is 2.31. The maximum Gasteiger partial charge on any atom is 0.0745 e. The molecule has 136 valence electrons. The van der Waals surface area contributed by atoms with E-state index in [2.05, 4.69) is 42.7 Å². The highest BCUT2D eigenvalue weighted by Gasteiger charge is 2.65. The predicted molar refractivity (Wildman–Crippen MR) is 113 cm³/mol. The summed E-state index contributed by atoms with van der Waals surface area (Å²) in [4.78, 5) is 9.77. The summed E-state index contributed by atoms with van der Waals surface area (Å²) in [7, 11) is 6.38. The molecule has 2 aromatic heterocycles. The van der Waals surface area contributed by atoms with Gasteiger partial charge in [0.25, 0.3) is 0 Å². The van der Waals surface area contributed by atoms with Crippen molar-refractivity contribution in [2.75, 3.05) is 6.16 Å². The molecule has 26 heavy (non-hydrogen) atoms. The molecule has 0 spiro atoms. The SMILES string of the molecule is PCC1C2CC3CC(C2)CC1(C(P)(c1ccccn1)c1ccccn1)C3. The highest BCUT2D eigenvalue weighted by molar-refractivity contribution is 7.19. The topological polar surface area (TPSA) is 25.8 Å². The Morgan fingerprint density at radius 1 is 0.923 bits per heavy atom. The highest BCUT2D eigenvalue weighted by atomic mass is 31.0. The largest absolute Gasteiger partial charge is 0.260 e. The van der Waals surface area contributed by atoms with Crippen LogP contribution in [0.15, 0.2) is 48.8 Å². The van der Waals surface area contributed by atoms with Crippen LogP contribution in [0, 0.1) is 29.1 Å². The van der Waals surface area contributed by atoms with Crippen molar-refractivity contribution in [2.24, 2.45) is 29.1 Å². The van der Waals surface area contributed by atoms with Gasteiger partial charge < -0.3 is 0 Å². The fourth-order valence-electron chi connectivity index (χ4n) is 7.01. The minimum absolute atomic E-state index is 0.202. The zero-order valence-corrected chi connectivity index (χ0v) is 17.5. The second-order valence-corrected chi connectivity index (χ2v) is 10.2. The number of hydrogen-bond donors (Lipinski definition) is 0. The van der Waals surface area contributed by atoms with E-state index in [4.69, 9.17) is 9.97 Å². The molecule has 4 fully saturated rings. The Kier molecular flexibility index (Phi) is 4.22. The van der Waals surface area contributed by atoms with Crippen LogP contribution < -0.4 is 0 Å². The van der Waals surface area contributed by atoms with Crippen LogP contribution in [0.4, 0.5) is 0 Å². The number of pyridine rings is 2. The van der Waals surface area contributed by atoms with Crippen molar-refractivity contribution in [1.29, 1.82) is 0 Å². The molecule has 5 unspecified atom stereocenters. The summed E-state index contributed by atoms with van der Waals surface area (Å²) < 4.78 is 0. The number of aromatic nitrogens is 2. The van der Waals surface area contributed by atoms with Crippen LogP contribution in [0.3, 0.4) is 0 Å². The summed E-state index contributed by atoms with van der Waals surface area (Å²) in [6, 6.07) is 12.8. The third-order valence-electron chi connectivity index (χ3n) is 7.70. The molecule has 4 aliphatic carbocycles. The van der Waals surface area contributed by atoms with Crippen LogP contribution in [-0.2, 0) is 5.16 Å². The van der Waals surface area contributed by atoms with Gasteiger partial charge >= 0.3 is 0 Å². The molecule has 5 atom stereocenters. The Bertz CT molecular complexity index is 726. The summed E-state index contributed by atoms with van der Waals surface area (Å²) in [5.41, 5.74) is 2.60. The summed E-state index contributed by atoms with van der Waals surface area (Å²) in [6.07, 6.45) is 12.1. The van der Waals surface area contributed by atoms with E-state index < -0.39 is 0 Å². The number of rotatable bonds is 4. The highest BCUT2D eigenvalue weighted by Crippen LogP contribution is 2.71. The molecule has 0 amide bonds. The molecule has 0 saturated heterocycles. The zero-order chi connectivity index (χ0) is 17.8. The third-order valence-corrected chi connectivity index (χ3v) is 9.37. The maximum atomic E-state index is 4.89. The lowest BCUT2D eigenvalue weighted by molar-refractivity contribution is -0.117. The van der Waals surface area contributed by atoms with E-state index in [0.29, 0.717) is 0 Å². The van der Waals surface area contributed by atoms with Crippen molar-refractivity contribution in [1.82, 2.24) is 9.97 Å². The normalized spacial score (nSPS) is 35.6. The average molecular weight is 382 g/mol. The Balaban J connectivity index is 1.74. The maximum absolute atomic E-state index is 4.89. The number of nitrogens with zero attached hydrogens (tertiary/aromatic N) is 2. The quantitative estimate of drug-likeness (QED) is 0.702. The van der Waals surface area contributed by atoms with E-state index in [-0.39, 0.29) is 10.6 Å². The predicted octanol–water partition coefficient (Wildman–Crippen LogP) is 4.91. The van der Waals surface area contributed by atoms with Gasteiger partial charge in [-0.05, 0) is 91.6 Å². The van der Waals surface area contributed by atoms with Gasteiger partial charge in [0, 0.05) is 12.4 Å². The smallest absolute Gasteiger partial charge is 0.0745 e. The van der Waals surface area contributed by atoms with Crippen molar-refractivity contribution in [3.8, 4) is 0 Å². The molecule has 4 aliphatic rings. The van der Waals surface area contributed by atoms with Gasteiger partial charge in [0.05, 0.1) is 16.5 Å². The first-order valence-electron chi connectivity index (χ1n) is 9.99. The van der Waals surface area contributed by atoms with Gasteiger partial charge in [0.2, 0.25) is 0 Å². The lowest BCUT2D eigenvalue weighted by Crippen LogP contribution is -2.61. The van der Waals surface area contributed by atoms with E-state index in [1.807, 2.05) is 24.5 Å². The van der Waals surface area contributed by atoms with Crippen molar-refractivity contribution in [2.45, 2.75) is 37.3 Å². The molecule has 2 nitrogen and oxygen atoms in total. The second kappa shape index (κ2) is 6.35. The fraction of sp³-hybridized carbons (Fsp3) is 0.545. The average Bonchev–Trinajstić information content (AvgIpc) is 2.68. The van der Waals surface area contributed by atoms with Gasteiger partial charge in [-0.15, -0.1) is 18.5 Å². The molecule has 4 bridgehead atoms. The molecular formula is C22H28N2P2. The number of hydrogen-bond acceptors (Lipinski definition) is 2. The van der Waals surface area contributed by atoms with Crippen LogP contribution in [0.1, 0.15) is 43.5 Å². The minimum atomic E-state index is -0.202. The van der Waals surface area contributed by atoms with E-state index in [1.54, 1.807) is 0 Å². The Morgan fingerprint density at radius 2 is 1.50 bits per heavy atom. The van der Waals surface area contributed by atoms with Crippen LogP contribution in [0.5, 0.6) is 0 Å². The van der Waals surface area contributed by atoms with Crippen molar-refractivity contribution in [3.05, 3.63) is 60.2 Å². The minimum Gasteiger partial charge on any atom is -0.260 e.